The average Bonchev–Trinajstić information content (AvgIpc) is 2.30. The molecular formula is C13H14O6. The number of esters is 1. The number of ether oxygens (including phenoxy) is 1. The van der Waals surface area contributed by atoms with E-state index >= 15 is 0 Å². The Kier molecular flexibility index (Phi) is 2.88. The van der Waals surface area contributed by atoms with Gasteiger partial charge in [0.1, 0.15) is 28.7 Å². The zero-order valence-electron chi connectivity index (χ0n) is 10.7. The van der Waals surface area contributed by atoms with Crippen LogP contribution in [0.2, 0.25) is 0 Å². The van der Waals surface area contributed by atoms with E-state index in [0.717, 1.165) is 0 Å². The van der Waals surface area contributed by atoms with E-state index in [4.69, 9.17) is 9.84 Å². The topological polar surface area (TPSA) is 104 Å². The Morgan fingerprint density at radius 3 is 2.32 bits per heavy atom. The number of phenols is 2. The first-order chi connectivity index (χ1) is 8.77. The average molecular weight is 266 g/mol. The highest BCUT2D eigenvalue weighted by Crippen LogP contribution is 2.44. The van der Waals surface area contributed by atoms with Gasteiger partial charge in [-0.1, -0.05) is 6.92 Å². The Morgan fingerprint density at radius 1 is 1.21 bits per heavy atom. The quantitative estimate of drug-likeness (QED) is 0.669. The molecule has 0 fully saturated rings. The molecule has 0 bridgehead atoms. The summed E-state index contributed by atoms with van der Waals surface area (Å²) in [7, 11) is 0. The summed E-state index contributed by atoms with van der Waals surface area (Å²) in [5.41, 5.74) is -0.127. The van der Waals surface area contributed by atoms with Crippen molar-refractivity contribution in [2.24, 2.45) is 0 Å². The molecule has 0 radical (unpaired) electrons. The van der Waals surface area contributed by atoms with Crippen LogP contribution < -0.4 is 0 Å². The lowest BCUT2D eigenvalue weighted by Gasteiger charge is -2.30. The van der Waals surface area contributed by atoms with E-state index in [1.807, 2.05) is 0 Å². The molecule has 1 aliphatic heterocycles. The summed E-state index contributed by atoms with van der Waals surface area (Å²) >= 11 is 0. The SMILES string of the molecule is Cc1c(O)c(C(=O)O)c(O)c2c1[C@H](C)[C@@H](C)OC2=O. The summed E-state index contributed by atoms with van der Waals surface area (Å²) in [4.78, 5) is 22.9. The smallest absolute Gasteiger partial charge is 0.343 e. The van der Waals surface area contributed by atoms with Crippen molar-refractivity contribution in [2.75, 3.05) is 0 Å². The van der Waals surface area contributed by atoms with E-state index in [-0.39, 0.29) is 17.0 Å². The van der Waals surface area contributed by atoms with Crippen LogP contribution in [0, 0.1) is 6.92 Å². The van der Waals surface area contributed by atoms with Gasteiger partial charge in [-0.05, 0) is 25.0 Å². The molecule has 2 rings (SSSR count). The number of fused-ring (bicyclic) bond motifs is 1. The van der Waals surface area contributed by atoms with Crippen molar-refractivity contribution in [3.05, 3.63) is 22.3 Å². The highest BCUT2D eigenvalue weighted by atomic mass is 16.5. The second-order valence-electron chi connectivity index (χ2n) is 4.69. The minimum Gasteiger partial charge on any atom is -0.507 e. The second-order valence-corrected chi connectivity index (χ2v) is 4.69. The number of aromatic hydroxyl groups is 2. The summed E-state index contributed by atoms with van der Waals surface area (Å²) in [6, 6.07) is 0. The van der Waals surface area contributed by atoms with Crippen LogP contribution in [0.4, 0.5) is 0 Å². The van der Waals surface area contributed by atoms with Crippen molar-refractivity contribution in [2.45, 2.75) is 32.8 Å². The van der Waals surface area contributed by atoms with E-state index in [9.17, 15) is 19.8 Å². The fourth-order valence-corrected chi connectivity index (χ4v) is 2.41. The third-order valence-corrected chi connectivity index (χ3v) is 3.61. The molecule has 102 valence electrons. The van der Waals surface area contributed by atoms with Gasteiger partial charge in [0.15, 0.2) is 0 Å². The molecule has 6 heteroatoms. The molecule has 2 atom stereocenters. The van der Waals surface area contributed by atoms with Crippen molar-refractivity contribution in [1.82, 2.24) is 0 Å². The van der Waals surface area contributed by atoms with E-state index in [1.54, 1.807) is 13.8 Å². The lowest BCUT2D eigenvalue weighted by atomic mass is 9.83. The van der Waals surface area contributed by atoms with Crippen molar-refractivity contribution in [1.29, 1.82) is 0 Å². The molecule has 0 aromatic heterocycles. The van der Waals surface area contributed by atoms with Crippen LogP contribution in [0.15, 0.2) is 0 Å². The van der Waals surface area contributed by atoms with Crippen LogP contribution in [0.1, 0.15) is 51.6 Å². The Morgan fingerprint density at radius 2 is 1.79 bits per heavy atom. The maximum absolute atomic E-state index is 11.8. The molecule has 1 heterocycles. The second kappa shape index (κ2) is 4.15. The highest BCUT2D eigenvalue weighted by Gasteiger charge is 2.38. The number of hydrogen-bond acceptors (Lipinski definition) is 5. The standard InChI is InChI=1S/C13H14O6/c1-4-6(3)19-13(18)8-7(4)5(2)10(14)9(11(8)15)12(16)17/h4,6,14-15H,1-3H3,(H,16,17)/t4-,6-/m1/s1. The van der Waals surface area contributed by atoms with E-state index in [2.05, 4.69) is 0 Å². The number of rotatable bonds is 1. The maximum atomic E-state index is 11.8. The Bertz CT molecular complexity index is 590. The van der Waals surface area contributed by atoms with Crippen LogP contribution >= 0.6 is 0 Å². The number of carboxylic acids is 1. The van der Waals surface area contributed by atoms with Gasteiger partial charge in [0.2, 0.25) is 0 Å². The molecule has 6 nitrogen and oxygen atoms in total. The third kappa shape index (κ3) is 1.71. The normalized spacial score (nSPS) is 21.7. The van der Waals surface area contributed by atoms with Crippen molar-refractivity contribution in [3.63, 3.8) is 0 Å². The number of carbonyl (C=O) groups excluding carboxylic acids is 1. The Labute approximate surface area is 109 Å². The molecule has 0 aliphatic carbocycles. The molecule has 0 unspecified atom stereocenters. The van der Waals surface area contributed by atoms with Gasteiger partial charge in [-0.25, -0.2) is 9.59 Å². The van der Waals surface area contributed by atoms with Gasteiger partial charge in [0.05, 0.1) is 0 Å². The summed E-state index contributed by atoms with van der Waals surface area (Å²) in [5, 5.41) is 28.8. The molecular weight excluding hydrogens is 252 g/mol. The Balaban J connectivity index is 2.87. The largest absolute Gasteiger partial charge is 0.507 e. The summed E-state index contributed by atoms with van der Waals surface area (Å²) in [5.74, 6) is -3.78. The van der Waals surface area contributed by atoms with Crippen molar-refractivity contribution < 1.29 is 29.6 Å². The monoisotopic (exact) mass is 266 g/mol. The fourth-order valence-electron chi connectivity index (χ4n) is 2.41. The van der Waals surface area contributed by atoms with Gasteiger partial charge in [0.25, 0.3) is 0 Å². The molecule has 0 amide bonds. The van der Waals surface area contributed by atoms with Gasteiger partial charge >= 0.3 is 11.9 Å². The lowest BCUT2D eigenvalue weighted by Crippen LogP contribution is -2.30. The zero-order valence-corrected chi connectivity index (χ0v) is 10.7. The number of cyclic esters (lactones) is 1. The van der Waals surface area contributed by atoms with Crippen LogP contribution in [0.3, 0.4) is 0 Å². The summed E-state index contributed by atoms with van der Waals surface area (Å²) < 4.78 is 5.06. The van der Waals surface area contributed by atoms with Crippen LogP contribution in [0.5, 0.6) is 11.5 Å². The van der Waals surface area contributed by atoms with E-state index in [0.29, 0.717) is 5.56 Å². The number of hydrogen-bond donors (Lipinski definition) is 3. The molecule has 0 saturated heterocycles. The van der Waals surface area contributed by atoms with Crippen LogP contribution in [0.25, 0.3) is 0 Å². The number of benzene rings is 1. The van der Waals surface area contributed by atoms with Gasteiger partial charge < -0.3 is 20.1 Å². The lowest BCUT2D eigenvalue weighted by molar-refractivity contribution is 0.0235. The predicted molar refractivity (Wildman–Crippen MR) is 64.8 cm³/mol. The van der Waals surface area contributed by atoms with Gasteiger partial charge in [-0.2, -0.15) is 0 Å². The van der Waals surface area contributed by atoms with Crippen LogP contribution in [-0.4, -0.2) is 33.4 Å². The summed E-state index contributed by atoms with van der Waals surface area (Å²) in [6.07, 6.45) is -0.409. The first-order valence-corrected chi connectivity index (χ1v) is 5.80. The highest BCUT2D eigenvalue weighted by molar-refractivity contribution is 6.03. The molecule has 1 aromatic carbocycles. The Hall–Kier alpha value is -2.24. The zero-order chi connectivity index (χ0) is 14.5. The number of carbonyl (C=O) groups is 2. The first-order valence-electron chi connectivity index (χ1n) is 5.80. The summed E-state index contributed by atoms with van der Waals surface area (Å²) in [6.45, 7) is 4.99. The minimum atomic E-state index is -1.50. The maximum Gasteiger partial charge on any atom is 0.343 e. The molecule has 0 saturated carbocycles. The van der Waals surface area contributed by atoms with Crippen LogP contribution in [-0.2, 0) is 4.74 Å². The molecule has 1 aromatic rings. The van der Waals surface area contributed by atoms with Crippen molar-refractivity contribution >= 4 is 11.9 Å². The number of aromatic carboxylic acids is 1. The fraction of sp³-hybridized carbons (Fsp3) is 0.385. The van der Waals surface area contributed by atoms with Crippen molar-refractivity contribution in [3.8, 4) is 11.5 Å². The van der Waals surface area contributed by atoms with E-state index < -0.39 is 35.1 Å². The molecule has 3 N–H and O–H groups in total. The predicted octanol–water partition coefficient (Wildman–Crippen LogP) is 1.77. The number of carboxylic acid groups (broad SMARTS) is 1. The third-order valence-electron chi connectivity index (χ3n) is 3.61. The van der Waals surface area contributed by atoms with E-state index in [1.165, 1.54) is 6.92 Å². The molecule has 1 aliphatic rings. The molecule has 0 spiro atoms. The minimum absolute atomic E-state index is 0.168. The molecule has 19 heavy (non-hydrogen) atoms. The first kappa shape index (κ1) is 13.2. The van der Waals surface area contributed by atoms with Gasteiger partial charge in [-0.15, -0.1) is 0 Å². The van der Waals surface area contributed by atoms with Gasteiger partial charge in [-0.3, -0.25) is 0 Å². The van der Waals surface area contributed by atoms with Gasteiger partial charge in [0, 0.05) is 5.92 Å².